The van der Waals surface area contributed by atoms with Gasteiger partial charge < -0.3 is 9.64 Å². The van der Waals surface area contributed by atoms with Crippen LogP contribution in [0.15, 0.2) is 18.5 Å². The van der Waals surface area contributed by atoms with E-state index in [0.29, 0.717) is 17.9 Å². The van der Waals surface area contributed by atoms with Gasteiger partial charge in [-0.3, -0.25) is 0 Å². The molecule has 0 aliphatic carbocycles. The highest BCUT2D eigenvalue weighted by atomic mass is 35.5. The van der Waals surface area contributed by atoms with Gasteiger partial charge in [-0.15, -0.1) is 0 Å². The van der Waals surface area contributed by atoms with Crippen molar-refractivity contribution in [3.8, 4) is 5.95 Å². The second-order valence-corrected chi connectivity index (χ2v) is 4.95. The predicted octanol–water partition coefficient (Wildman–Crippen LogP) is 1.33. The standard InChI is InChI=1S/C12H15ClN6O/c1-18(9-3-7-20-8-4-9)11-15-10(13)16-12(17-11)19-6-2-5-14-19/h2,5-6,9H,3-4,7-8H2,1H3. The smallest absolute Gasteiger partial charge is 0.256 e. The highest BCUT2D eigenvalue weighted by molar-refractivity contribution is 6.28. The van der Waals surface area contributed by atoms with Crippen molar-refractivity contribution in [1.82, 2.24) is 24.7 Å². The Balaban J connectivity index is 1.89. The summed E-state index contributed by atoms with van der Waals surface area (Å²) in [4.78, 5) is 14.8. The van der Waals surface area contributed by atoms with Crippen LogP contribution in [-0.4, -0.2) is 51.0 Å². The third kappa shape index (κ3) is 2.73. The number of ether oxygens (including phenoxy) is 1. The molecule has 1 fully saturated rings. The molecule has 0 spiro atoms. The first-order chi connectivity index (χ1) is 9.74. The Morgan fingerprint density at radius 3 is 2.80 bits per heavy atom. The van der Waals surface area contributed by atoms with Gasteiger partial charge in [0.05, 0.1) is 0 Å². The lowest BCUT2D eigenvalue weighted by Gasteiger charge is -2.31. The number of hydrogen-bond donors (Lipinski definition) is 0. The van der Waals surface area contributed by atoms with Gasteiger partial charge in [-0.2, -0.15) is 20.1 Å². The Bertz CT molecular complexity index is 569. The van der Waals surface area contributed by atoms with Gasteiger partial charge in [0.15, 0.2) is 0 Å². The van der Waals surface area contributed by atoms with Crippen LogP contribution in [0.4, 0.5) is 5.95 Å². The molecule has 0 N–H and O–H groups in total. The monoisotopic (exact) mass is 294 g/mol. The molecule has 1 saturated heterocycles. The third-order valence-corrected chi connectivity index (χ3v) is 3.52. The molecule has 7 nitrogen and oxygen atoms in total. The Kier molecular flexibility index (Phi) is 3.79. The largest absolute Gasteiger partial charge is 0.381 e. The van der Waals surface area contributed by atoms with Gasteiger partial charge >= 0.3 is 0 Å². The van der Waals surface area contributed by atoms with E-state index in [2.05, 4.69) is 20.1 Å². The summed E-state index contributed by atoms with van der Waals surface area (Å²) in [5.74, 6) is 0.978. The lowest BCUT2D eigenvalue weighted by molar-refractivity contribution is 0.0852. The zero-order valence-corrected chi connectivity index (χ0v) is 11.9. The van der Waals surface area contributed by atoms with E-state index >= 15 is 0 Å². The number of halogens is 1. The summed E-state index contributed by atoms with van der Waals surface area (Å²) < 4.78 is 6.94. The van der Waals surface area contributed by atoms with E-state index in [1.54, 1.807) is 23.1 Å². The van der Waals surface area contributed by atoms with Crippen LogP contribution >= 0.6 is 11.6 Å². The molecule has 0 radical (unpaired) electrons. The van der Waals surface area contributed by atoms with Crippen LogP contribution in [0.3, 0.4) is 0 Å². The van der Waals surface area contributed by atoms with E-state index in [4.69, 9.17) is 16.3 Å². The van der Waals surface area contributed by atoms with Crippen LogP contribution in [0.5, 0.6) is 0 Å². The van der Waals surface area contributed by atoms with Gasteiger partial charge in [-0.05, 0) is 30.5 Å². The zero-order valence-electron chi connectivity index (χ0n) is 11.1. The van der Waals surface area contributed by atoms with E-state index < -0.39 is 0 Å². The van der Waals surface area contributed by atoms with Crippen LogP contribution < -0.4 is 4.90 Å². The number of nitrogens with zero attached hydrogens (tertiary/aromatic N) is 6. The third-order valence-electron chi connectivity index (χ3n) is 3.35. The first-order valence-electron chi connectivity index (χ1n) is 6.46. The molecule has 2 aromatic heterocycles. The van der Waals surface area contributed by atoms with Crippen LogP contribution in [0, 0.1) is 0 Å². The molecule has 1 aliphatic rings. The Morgan fingerprint density at radius 1 is 1.30 bits per heavy atom. The highest BCUT2D eigenvalue weighted by Crippen LogP contribution is 2.19. The topological polar surface area (TPSA) is 69.0 Å². The van der Waals surface area contributed by atoms with Crippen LogP contribution in [0.2, 0.25) is 5.28 Å². The van der Waals surface area contributed by atoms with Crippen molar-refractivity contribution in [2.45, 2.75) is 18.9 Å². The molecule has 0 unspecified atom stereocenters. The fraction of sp³-hybridized carbons (Fsp3) is 0.500. The van der Waals surface area contributed by atoms with Gasteiger partial charge in [0.1, 0.15) is 0 Å². The minimum atomic E-state index is 0.166. The molecular formula is C12H15ClN6O. The SMILES string of the molecule is CN(c1nc(Cl)nc(-n2cccn2)n1)C1CCOCC1. The van der Waals surface area contributed by atoms with Crippen molar-refractivity contribution in [1.29, 1.82) is 0 Å². The van der Waals surface area contributed by atoms with Gasteiger partial charge in [0, 0.05) is 38.7 Å². The van der Waals surface area contributed by atoms with Crippen molar-refractivity contribution in [2.75, 3.05) is 25.2 Å². The minimum Gasteiger partial charge on any atom is -0.381 e. The van der Waals surface area contributed by atoms with Crippen LogP contribution in [-0.2, 0) is 4.74 Å². The summed E-state index contributed by atoms with van der Waals surface area (Å²) in [5.41, 5.74) is 0. The molecule has 0 bridgehead atoms. The number of aromatic nitrogens is 5. The normalized spacial score (nSPS) is 16.3. The first-order valence-corrected chi connectivity index (χ1v) is 6.84. The second-order valence-electron chi connectivity index (χ2n) is 4.61. The van der Waals surface area contributed by atoms with Gasteiger partial charge in [0.25, 0.3) is 5.95 Å². The van der Waals surface area contributed by atoms with E-state index in [9.17, 15) is 0 Å². The highest BCUT2D eigenvalue weighted by Gasteiger charge is 2.21. The molecule has 3 rings (SSSR count). The summed E-state index contributed by atoms with van der Waals surface area (Å²) in [6.45, 7) is 1.53. The van der Waals surface area contributed by atoms with Crippen LogP contribution in [0.25, 0.3) is 5.95 Å². The molecule has 1 aliphatic heterocycles. The zero-order chi connectivity index (χ0) is 13.9. The minimum absolute atomic E-state index is 0.166. The Hall–Kier alpha value is -1.73. The fourth-order valence-corrected chi connectivity index (χ4v) is 2.36. The first kappa shape index (κ1) is 13.3. The maximum absolute atomic E-state index is 6.00. The maximum Gasteiger partial charge on any atom is 0.256 e. The van der Waals surface area contributed by atoms with Crippen molar-refractivity contribution in [2.24, 2.45) is 0 Å². The summed E-state index contributed by atoms with van der Waals surface area (Å²) in [6.07, 6.45) is 5.34. The van der Waals surface area contributed by atoms with E-state index in [-0.39, 0.29) is 5.28 Å². The molecule has 20 heavy (non-hydrogen) atoms. The summed E-state index contributed by atoms with van der Waals surface area (Å²) in [6, 6.07) is 2.16. The van der Waals surface area contributed by atoms with E-state index in [1.165, 1.54) is 0 Å². The fourth-order valence-electron chi connectivity index (χ4n) is 2.21. The second kappa shape index (κ2) is 5.72. The molecule has 0 atom stereocenters. The Labute approximate surface area is 121 Å². The number of rotatable bonds is 3. The quantitative estimate of drug-likeness (QED) is 0.850. The molecule has 0 amide bonds. The van der Waals surface area contributed by atoms with Gasteiger partial charge in [-0.1, -0.05) is 0 Å². The van der Waals surface area contributed by atoms with Gasteiger partial charge in [0.2, 0.25) is 11.2 Å². The molecular weight excluding hydrogens is 280 g/mol. The van der Waals surface area contributed by atoms with Crippen LogP contribution in [0.1, 0.15) is 12.8 Å². The number of hydrogen-bond acceptors (Lipinski definition) is 6. The molecule has 0 aromatic carbocycles. The summed E-state index contributed by atoms with van der Waals surface area (Å²) in [7, 11) is 1.97. The van der Waals surface area contributed by atoms with Crippen molar-refractivity contribution in [3.05, 3.63) is 23.7 Å². The molecule has 8 heteroatoms. The van der Waals surface area contributed by atoms with Crippen molar-refractivity contribution in [3.63, 3.8) is 0 Å². The average Bonchev–Trinajstić information content (AvgIpc) is 3.01. The summed E-state index contributed by atoms with van der Waals surface area (Å²) >= 11 is 6.00. The lowest BCUT2D eigenvalue weighted by atomic mass is 10.1. The number of anilines is 1. The Morgan fingerprint density at radius 2 is 2.10 bits per heavy atom. The lowest BCUT2D eigenvalue weighted by Crippen LogP contribution is -2.37. The predicted molar refractivity (Wildman–Crippen MR) is 74.2 cm³/mol. The van der Waals surface area contributed by atoms with E-state index in [0.717, 1.165) is 26.1 Å². The molecule has 0 saturated carbocycles. The molecule has 3 heterocycles. The molecule has 2 aromatic rings. The van der Waals surface area contributed by atoms with Crippen molar-refractivity contribution < 1.29 is 4.74 Å². The average molecular weight is 295 g/mol. The van der Waals surface area contributed by atoms with Gasteiger partial charge in [-0.25, -0.2) is 4.68 Å². The molecule has 106 valence electrons. The van der Waals surface area contributed by atoms with E-state index in [1.807, 2.05) is 11.9 Å². The van der Waals surface area contributed by atoms with Crippen molar-refractivity contribution >= 4 is 17.5 Å². The summed E-state index contributed by atoms with van der Waals surface area (Å²) in [5, 5.41) is 4.27. The maximum atomic E-state index is 6.00.